The van der Waals surface area contributed by atoms with Gasteiger partial charge in [-0.05, 0) is 136 Å². The molecule has 0 aliphatic carbocycles. The van der Waals surface area contributed by atoms with Crippen molar-refractivity contribution < 1.29 is 0 Å². The van der Waals surface area contributed by atoms with Crippen molar-refractivity contribution in [2.45, 2.75) is 0 Å². The number of aromatic amines is 1. The lowest BCUT2D eigenvalue weighted by Gasteiger charge is -2.14. The lowest BCUT2D eigenvalue weighted by atomic mass is 9.94. The van der Waals surface area contributed by atoms with Gasteiger partial charge in [-0.15, -0.1) is 22.7 Å². The second-order valence-corrected chi connectivity index (χ2v) is 20.6. The maximum atomic E-state index is 3.58. The molecule has 12 aromatic carbocycles. The molecular formula is C64H39BrN2S2. The minimum atomic E-state index is 1.13. The molecule has 16 rings (SSSR count). The molecule has 0 unspecified atom stereocenters. The summed E-state index contributed by atoms with van der Waals surface area (Å²) in [6, 6.07) is 79.1. The summed E-state index contributed by atoms with van der Waals surface area (Å²) < 4.78 is 6.26. The minimum absolute atomic E-state index is 1.13. The van der Waals surface area contributed by atoms with Gasteiger partial charge in [0.2, 0.25) is 0 Å². The van der Waals surface area contributed by atoms with Gasteiger partial charge in [-0.25, -0.2) is 0 Å². The molecule has 4 heterocycles. The Morgan fingerprint density at radius 3 is 1.36 bits per heavy atom. The van der Waals surface area contributed by atoms with E-state index in [-0.39, 0.29) is 0 Å². The zero-order valence-electron chi connectivity index (χ0n) is 37.1. The number of benzene rings is 12. The quantitative estimate of drug-likeness (QED) is 0.158. The zero-order chi connectivity index (χ0) is 45.6. The molecule has 0 radical (unpaired) electrons. The number of thiophene rings is 2. The van der Waals surface area contributed by atoms with Gasteiger partial charge >= 0.3 is 0 Å². The van der Waals surface area contributed by atoms with Gasteiger partial charge in [-0.3, -0.25) is 0 Å². The predicted octanol–water partition coefficient (Wildman–Crippen LogP) is 19.9. The van der Waals surface area contributed by atoms with Crippen molar-refractivity contribution in [2.24, 2.45) is 0 Å². The van der Waals surface area contributed by atoms with Gasteiger partial charge in [0, 0.05) is 57.4 Å². The number of fused-ring (bicyclic) bond motifs is 22. The van der Waals surface area contributed by atoms with Gasteiger partial charge in [0.1, 0.15) is 0 Å². The molecule has 0 amide bonds. The van der Waals surface area contributed by atoms with Crippen molar-refractivity contribution >= 4 is 167 Å². The largest absolute Gasteiger partial charge is 0.354 e. The number of nitrogens with zero attached hydrogens (tertiary/aromatic N) is 1. The first-order chi connectivity index (χ1) is 34.2. The highest BCUT2D eigenvalue weighted by atomic mass is 79.9. The third-order valence-electron chi connectivity index (χ3n) is 14.1. The molecule has 0 bridgehead atoms. The highest BCUT2D eigenvalue weighted by Crippen LogP contribution is 2.42. The summed E-state index contributed by atoms with van der Waals surface area (Å²) in [5.41, 5.74) is 6.24. The molecule has 16 aromatic rings. The number of H-pyrrole nitrogens is 1. The molecule has 0 saturated carbocycles. The summed E-state index contributed by atoms with van der Waals surface area (Å²) in [7, 11) is 0. The molecule has 69 heavy (non-hydrogen) atoms. The molecule has 0 spiro atoms. The van der Waals surface area contributed by atoms with Crippen molar-refractivity contribution in [3.05, 3.63) is 234 Å². The van der Waals surface area contributed by atoms with Crippen molar-refractivity contribution in [3.8, 4) is 5.69 Å². The number of hydrogen-bond donors (Lipinski definition) is 1. The van der Waals surface area contributed by atoms with Crippen LogP contribution in [0.2, 0.25) is 0 Å². The summed E-state index contributed by atoms with van der Waals surface area (Å²) in [6.45, 7) is 0. The van der Waals surface area contributed by atoms with E-state index in [0.717, 1.165) is 4.47 Å². The van der Waals surface area contributed by atoms with Gasteiger partial charge in [-0.1, -0.05) is 174 Å². The minimum Gasteiger partial charge on any atom is -0.354 e. The number of rotatable bonds is 1. The Labute approximate surface area is 413 Å². The SMILES string of the molecule is Brc1ccc2c3ccccc3c3ccccc3c2c1.c1ccc2c(c1)[nH]c1c3ccsc3ccc21.c1ccc2c(c1)c1ccccc1c1cc(-n3c4ccccc4c4ccc5sccc5c43)ccc21. The van der Waals surface area contributed by atoms with Crippen molar-refractivity contribution in [1.29, 1.82) is 0 Å². The van der Waals surface area contributed by atoms with Gasteiger partial charge in [0.15, 0.2) is 0 Å². The van der Waals surface area contributed by atoms with E-state index < -0.39 is 0 Å². The molecule has 0 aliphatic rings. The van der Waals surface area contributed by atoms with E-state index >= 15 is 0 Å². The maximum absolute atomic E-state index is 3.58. The summed E-state index contributed by atoms with van der Waals surface area (Å²) in [5.74, 6) is 0. The number of nitrogens with one attached hydrogen (secondary N) is 1. The van der Waals surface area contributed by atoms with E-state index in [1.165, 1.54) is 134 Å². The smallest absolute Gasteiger partial charge is 0.0627 e. The standard InChI is InChI=1S/C32H19NS.C18H11Br.C14H9NS/c1-2-9-23-21(7-1)22-8-3-4-10-24(22)29-19-20(13-14-25(23)29)33-30-12-6-5-11-26(30)27-15-16-31-28(32(27)33)17-18-34-31;19-12-9-10-17-15-7-2-1-5-13(15)14-6-3-4-8-16(14)18(17)11-12;1-2-4-12-9(3-1)10-5-6-13-11(7-8-16-13)14(10)15-12/h1-19H;1-11H;1-8,15H. The lowest BCUT2D eigenvalue weighted by Crippen LogP contribution is -1.94. The molecule has 4 aromatic heterocycles. The first-order valence-electron chi connectivity index (χ1n) is 23.2. The second-order valence-electron chi connectivity index (χ2n) is 17.7. The second kappa shape index (κ2) is 16.2. The van der Waals surface area contributed by atoms with E-state index in [0.29, 0.717) is 0 Å². The van der Waals surface area contributed by atoms with Crippen LogP contribution in [0.3, 0.4) is 0 Å². The molecule has 0 aliphatic heterocycles. The van der Waals surface area contributed by atoms with E-state index in [4.69, 9.17) is 0 Å². The van der Waals surface area contributed by atoms with Gasteiger partial charge < -0.3 is 9.55 Å². The number of halogens is 1. The zero-order valence-corrected chi connectivity index (χ0v) is 40.3. The van der Waals surface area contributed by atoms with Crippen LogP contribution in [0.4, 0.5) is 0 Å². The van der Waals surface area contributed by atoms with E-state index in [2.05, 4.69) is 255 Å². The van der Waals surface area contributed by atoms with Gasteiger partial charge in [0.25, 0.3) is 0 Å². The fourth-order valence-corrected chi connectivity index (χ4v) is 13.0. The Balaban J connectivity index is 0.000000108. The van der Waals surface area contributed by atoms with E-state index in [9.17, 15) is 0 Å². The van der Waals surface area contributed by atoms with Crippen LogP contribution in [0.25, 0.3) is 134 Å². The highest BCUT2D eigenvalue weighted by Gasteiger charge is 2.17. The Hall–Kier alpha value is -7.80. The molecule has 0 fully saturated rings. The van der Waals surface area contributed by atoms with Crippen molar-refractivity contribution in [3.63, 3.8) is 0 Å². The molecule has 324 valence electrons. The lowest BCUT2D eigenvalue weighted by molar-refractivity contribution is 1.19. The van der Waals surface area contributed by atoms with Crippen molar-refractivity contribution in [1.82, 2.24) is 9.55 Å². The average molecular weight is 980 g/mol. The average Bonchev–Trinajstić information content (AvgIpc) is 4.24. The highest BCUT2D eigenvalue weighted by molar-refractivity contribution is 9.10. The summed E-state index contributed by atoms with van der Waals surface area (Å²) in [5, 5.41) is 28.0. The Bertz CT molecular complexity index is 4630. The molecule has 0 atom stereocenters. The van der Waals surface area contributed by atoms with Crippen LogP contribution in [0.15, 0.2) is 234 Å². The van der Waals surface area contributed by atoms with Crippen molar-refractivity contribution in [2.75, 3.05) is 0 Å². The fourth-order valence-electron chi connectivity index (χ4n) is 11.1. The third kappa shape index (κ3) is 6.42. The van der Waals surface area contributed by atoms with Crippen LogP contribution >= 0.6 is 38.6 Å². The normalized spacial score (nSPS) is 11.8. The monoisotopic (exact) mass is 978 g/mol. The first-order valence-corrected chi connectivity index (χ1v) is 25.8. The van der Waals surface area contributed by atoms with Crippen LogP contribution in [-0.4, -0.2) is 9.55 Å². The van der Waals surface area contributed by atoms with Gasteiger partial charge in [0.05, 0.1) is 16.6 Å². The molecule has 1 N–H and O–H groups in total. The van der Waals surface area contributed by atoms with Crippen LogP contribution in [0.5, 0.6) is 0 Å². The van der Waals surface area contributed by atoms with Crippen LogP contribution in [0, 0.1) is 0 Å². The van der Waals surface area contributed by atoms with Gasteiger partial charge in [-0.2, -0.15) is 0 Å². The third-order valence-corrected chi connectivity index (χ3v) is 16.3. The van der Waals surface area contributed by atoms with Crippen LogP contribution < -0.4 is 0 Å². The van der Waals surface area contributed by atoms with Crippen LogP contribution in [0.1, 0.15) is 0 Å². The molecule has 2 nitrogen and oxygen atoms in total. The number of para-hydroxylation sites is 2. The summed E-state index contributed by atoms with van der Waals surface area (Å²) in [6.07, 6.45) is 0. The topological polar surface area (TPSA) is 20.7 Å². The fraction of sp³-hybridized carbons (Fsp3) is 0. The number of hydrogen-bond acceptors (Lipinski definition) is 2. The molecular weight excluding hydrogens is 941 g/mol. The Morgan fingerprint density at radius 2 is 0.754 bits per heavy atom. The Morgan fingerprint density at radius 1 is 0.319 bits per heavy atom. The predicted molar refractivity (Wildman–Crippen MR) is 307 cm³/mol. The first kappa shape index (κ1) is 40.3. The maximum Gasteiger partial charge on any atom is 0.0627 e. The molecule has 0 saturated heterocycles. The Kier molecular flexibility index (Phi) is 9.44. The number of aromatic nitrogens is 2. The van der Waals surface area contributed by atoms with E-state index in [1.54, 1.807) is 11.3 Å². The summed E-state index contributed by atoms with van der Waals surface area (Å²) in [4.78, 5) is 3.51. The van der Waals surface area contributed by atoms with E-state index in [1.807, 2.05) is 11.3 Å². The molecule has 5 heteroatoms. The van der Waals surface area contributed by atoms with Crippen LogP contribution in [-0.2, 0) is 0 Å². The summed E-state index contributed by atoms with van der Waals surface area (Å²) >= 11 is 7.18.